The molecule has 0 amide bonds. The zero-order valence-corrected chi connectivity index (χ0v) is 9.28. The predicted octanol–water partition coefficient (Wildman–Crippen LogP) is 2.10. The molecule has 1 aromatic carbocycles. The molecule has 0 aliphatic carbocycles. The molecule has 0 bridgehead atoms. The van der Waals surface area contributed by atoms with E-state index in [0.29, 0.717) is 11.6 Å². The monoisotopic (exact) mass is 208 g/mol. The van der Waals surface area contributed by atoms with Crippen LogP contribution >= 0.6 is 0 Å². The first-order chi connectivity index (χ1) is 7.21. The molecule has 2 N–H and O–H groups in total. The van der Waals surface area contributed by atoms with Crippen LogP contribution in [0.5, 0.6) is 11.5 Å². The van der Waals surface area contributed by atoms with Gasteiger partial charge in [-0.15, -0.1) is 0 Å². The fraction of sp³-hybridized carbons (Fsp3) is 0.364. The van der Waals surface area contributed by atoms with E-state index < -0.39 is 0 Å². The third-order valence-corrected chi connectivity index (χ3v) is 2.01. The number of ether oxygens (including phenoxy) is 2. The number of nitrogens with zero attached hydrogens (tertiary/aromatic N) is 1. The van der Waals surface area contributed by atoms with Crippen molar-refractivity contribution >= 4 is 11.5 Å². The van der Waals surface area contributed by atoms with Crippen molar-refractivity contribution in [2.75, 3.05) is 14.2 Å². The van der Waals surface area contributed by atoms with Gasteiger partial charge in [-0.25, -0.2) is 4.99 Å². The normalized spacial score (nSPS) is 11.3. The van der Waals surface area contributed by atoms with Crippen molar-refractivity contribution in [2.24, 2.45) is 10.7 Å². The van der Waals surface area contributed by atoms with Crippen molar-refractivity contribution in [3.63, 3.8) is 0 Å². The van der Waals surface area contributed by atoms with Crippen molar-refractivity contribution in [2.45, 2.75) is 13.3 Å². The maximum absolute atomic E-state index is 5.66. The van der Waals surface area contributed by atoms with Gasteiger partial charge in [-0.1, -0.05) is 6.92 Å². The molecule has 0 spiro atoms. The third-order valence-electron chi connectivity index (χ3n) is 2.01. The highest BCUT2D eigenvalue weighted by Crippen LogP contribution is 2.31. The van der Waals surface area contributed by atoms with Crippen LogP contribution in [0.15, 0.2) is 23.2 Å². The molecular weight excluding hydrogens is 192 g/mol. The molecule has 0 radical (unpaired) electrons. The van der Waals surface area contributed by atoms with Gasteiger partial charge in [0.15, 0.2) is 0 Å². The second-order valence-corrected chi connectivity index (χ2v) is 2.99. The average molecular weight is 208 g/mol. The van der Waals surface area contributed by atoms with Gasteiger partial charge in [-0.3, -0.25) is 0 Å². The highest BCUT2D eigenvalue weighted by atomic mass is 16.5. The van der Waals surface area contributed by atoms with E-state index in [0.717, 1.165) is 17.9 Å². The van der Waals surface area contributed by atoms with E-state index in [1.807, 2.05) is 19.1 Å². The SMILES string of the molecule is CCC(N)=Nc1ccc(OC)cc1OC. The van der Waals surface area contributed by atoms with Crippen molar-refractivity contribution in [3.8, 4) is 11.5 Å². The van der Waals surface area contributed by atoms with Crippen LogP contribution in [0.4, 0.5) is 5.69 Å². The molecule has 0 atom stereocenters. The Morgan fingerprint density at radius 2 is 2.07 bits per heavy atom. The van der Waals surface area contributed by atoms with Crippen LogP contribution < -0.4 is 15.2 Å². The second kappa shape index (κ2) is 5.24. The van der Waals surface area contributed by atoms with Crippen LogP contribution in [0, 0.1) is 0 Å². The number of methoxy groups -OCH3 is 2. The summed E-state index contributed by atoms with van der Waals surface area (Å²) in [4.78, 5) is 4.24. The Bertz CT molecular complexity index is 362. The van der Waals surface area contributed by atoms with Gasteiger partial charge in [-0.05, 0) is 12.1 Å². The number of nitrogens with two attached hydrogens (primary N) is 1. The lowest BCUT2D eigenvalue weighted by Crippen LogP contribution is -2.08. The Hall–Kier alpha value is -1.71. The van der Waals surface area contributed by atoms with Crippen LogP contribution in [-0.2, 0) is 0 Å². The molecule has 1 aromatic rings. The molecule has 0 aliphatic rings. The topological polar surface area (TPSA) is 56.8 Å². The van der Waals surface area contributed by atoms with E-state index >= 15 is 0 Å². The number of hydrogen-bond donors (Lipinski definition) is 1. The Balaban J connectivity index is 3.08. The zero-order chi connectivity index (χ0) is 11.3. The number of hydrogen-bond acceptors (Lipinski definition) is 3. The molecule has 1 rings (SSSR count). The molecule has 4 nitrogen and oxygen atoms in total. The molecule has 4 heteroatoms. The minimum absolute atomic E-state index is 0.582. The van der Waals surface area contributed by atoms with E-state index in [1.165, 1.54) is 0 Å². The van der Waals surface area contributed by atoms with Gasteiger partial charge in [0.2, 0.25) is 0 Å². The highest BCUT2D eigenvalue weighted by molar-refractivity contribution is 5.83. The summed E-state index contributed by atoms with van der Waals surface area (Å²) in [5.74, 6) is 1.98. The molecule has 0 aliphatic heterocycles. The lowest BCUT2D eigenvalue weighted by molar-refractivity contribution is 0.395. The minimum atomic E-state index is 0.582. The predicted molar refractivity (Wildman–Crippen MR) is 61.1 cm³/mol. The van der Waals surface area contributed by atoms with Crippen LogP contribution in [-0.4, -0.2) is 20.1 Å². The molecule has 82 valence electrons. The maximum Gasteiger partial charge on any atom is 0.148 e. The molecule has 15 heavy (non-hydrogen) atoms. The smallest absolute Gasteiger partial charge is 0.148 e. The van der Waals surface area contributed by atoms with Gasteiger partial charge >= 0.3 is 0 Å². The summed E-state index contributed by atoms with van der Waals surface area (Å²) in [6.07, 6.45) is 0.717. The van der Waals surface area contributed by atoms with E-state index in [4.69, 9.17) is 15.2 Å². The van der Waals surface area contributed by atoms with Crippen molar-refractivity contribution < 1.29 is 9.47 Å². The summed E-state index contributed by atoms with van der Waals surface area (Å²) in [7, 11) is 3.20. The second-order valence-electron chi connectivity index (χ2n) is 2.99. The lowest BCUT2D eigenvalue weighted by Gasteiger charge is -2.07. The first-order valence-corrected chi connectivity index (χ1v) is 4.76. The van der Waals surface area contributed by atoms with Crippen LogP contribution in [0.3, 0.4) is 0 Å². The summed E-state index contributed by atoms with van der Waals surface area (Å²) >= 11 is 0. The van der Waals surface area contributed by atoms with Crippen molar-refractivity contribution in [1.82, 2.24) is 0 Å². The van der Waals surface area contributed by atoms with Crippen LogP contribution in [0.2, 0.25) is 0 Å². The molecule has 0 unspecified atom stereocenters. The number of rotatable bonds is 4. The Morgan fingerprint density at radius 1 is 1.33 bits per heavy atom. The average Bonchev–Trinajstić information content (AvgIpc) is 2.29. The highest BCUT2D eigenvalue weighted by Gasteiger charge is 2.03. The quantitative estimate of drug-likeness (QED) is 0.609. The first-order valence-electron chi connectivity index (χ1n) is 4.76. The summed E-state index contributed by atoms with van der Waals surface area (Å²) < 4.78 is 10.3. The van der Waals surface area contributed by atoms with Gasteiger partial charge in [0.25, 0.3) is 0 Å². The lowest BCUT2D eigenvalue weighted by atomic mass is 10.2. The zero-order valence-electron chi connectivity index (χ0n) is 9.28. The summed E-state index contributed by atoms with van der Waals surface area (Å²) in [5, 5.41) is 0. The molecule has 0 aromatic heterocycles. The molecule has 0 fully saturated rings. The van der Waals surface area contributed by atoms with Crippen molar-refractivity contribution in [3.05, 3.63) is 18.2 Å². The number of amidine groups is 1. The van der Waals surface area contributed by atoms with E-state index in [2.05, 4.69) is 4.99 Å². The Labute approximate surface area is 89.7 Å². The number of benzene rings is 1. The molecule has 0 heterocycles. The first kappa shape index (κ1) is 11.4. The van der Waals surface area contributed by atoms with E-state index in [1.54, 1.807) is 20.3 Å². The molecule has 0 saturated heterocycles. The van der Waals surface area contributed by atoms with E-state index in [-0.39, 0.29) is 0 Å². The van der Waals surface area contributed by atoms with Gasteiger partial charge in [-0.2, -0.15) is 0 Å². The van der Waals surface area contributed by atoms with Crippen LogP contribution in [0.1, 0.15) is 13.3 Å². The summed E-state index contributed by atoms with van der Waals surface area (Å²) in [6, 6.07) is 5.42. The van der Waals surface area contributed by atoms with E-state index in [9.17, 15) is 0 Å². The number of aliphatic imine (C=N–C) groups is 1. The Kier molecular flexibility index (Phi) is 3.97. The third kappa shape index (κ3) is 2.87. The van der Waals surface area contributed by atoms with Crippen LogP contribution in [0.25, 0.3) is 0 Å². The largest absolute Gasteiger partial charge is 0.497 e. The fourth-order valence-corrected chi connectivity index (χ4v) is 1.11. The minimum Gasteiger partial charge on any atom is -0.497 e. The standard InChI is InChI=1S/C11H16N2O2/c1-4-11(12)13-9-6-5-8(14-2)7-10(9)15-3/h5-7H,4H2,1-3H3,(H2,12,13). The van der Waals surface area contributed by atoms with Gasteiger partial charge in [0.05, 0.1) is 20.1 Å². The fourth-order valence-electron chi connectivity index (χ4n) is 1.11. The molecule has 0 saturated carbocycles. The van der Waals surface area contributed by atoms with Crippen molar-refractivity contribution in [1.29, 1.82) is 0 Å². The summed E-state index contributed by atoms with van der Waals surface area (Å²) in [5.41, 5.74) is 6.38. The summed E-state index contributed by atoms with van der Waals surface area (Å²) in [6.45, 7) is 1.95. The Morgan fingerprint density at radius 3 is 2.60 bits per heavy atom. The van der Waals surface area contributed by atoms with Gasteiger partial charge < -0.3 is 15.2 Å². The maximum atomic E-state index is 5.66. The molecular formula is C11H16N2O2. The van der Waals surface area contributed by atoms with Gasteiger partial charge in [0.1, 0.15) is 17.2 Å². The van der Waals surface area contributed by atoms with Gasteiger partial charge in [0, 0.05) is 12.5 Å².